The normalized spacial score (nSPS) is 21.4. The molecular weight excluding hydrogens is 344 g/mol. The van der Waals surface area contributed by atoms with Crippen LogP contribution in [0.2, 0.25) is 0 Å². The number of nitrogens with zero attached hydrogens (tertiary/aromatic N) is 2. The highest BCUT2D eigenvalue weighted by molar-refractivity contribution is 6.02. The molecule has 0 bridgehead atoms. The van der Waals surface area contributed by atoms with Gasteiger partial charge in [0.2, 0.25) is 5.91 Å². The van der Waals surface area contributed by atoms with Gasteiger partial charge in [0.15, 0.2) is 0 Å². The van der Waals surface area contributed by atoms with Crippen LogP contribution in [0.1, 0.15) is 50.7 Å². The lowest BCUT2D eigenvalue weighted by molar-refractivity contribution is -0.163. The molecule has 6 nitrogen and oxygen atoms in total. The van der Waals surface area contributed by atoms with Crippen molar-refractivity contribution in [2.24, 2.45) is 10.6 Å². The van der Waals surface area contributed by atoms with Gasteiger partial charge in [-0.25, -0.2) is 0 Å². The fourth-order valence-electron chi connectivity index (χ4n) is 4.05. The molecule has 1 saturated heterocycles. The second kappa shape index (κ2) is 8.11. The molecule has 146 valence electrons. The molecule has 0 spiro atoms. The molecule has 2 aliphatic rings. The quantitative estimate of drug-likeness (QED) is 0.745. The standard InChI is InChI=1S/C21H28N2O4/c1-4-26-20(25)21(9-11-23(12-10-21)16(3)24)14-17-13-19(22-27-17)18-8-6-5-7-15(18)2/h5-8,17H,4,9-14H2,1-3H3. The topological polar surface area (TPSA) is 68.2 Å². The molecule has 3 rings (SSSR count). The number of oxime groups is 1. The molecule has 1 fully saturated rings. The lowest BCUT2D eigenvalue weighted by Gasteiger charge is -2.40. The predicted octanol–water partition coefficient (Wildman–Crippen LogP) is 3.07. The average molecular weight is 372 g/mol. The van der Waals surface area contributed by atoms with Gasteiger partial charge < -0.3 is 14.5 Å². The van der Waals surface area contributed by atoms with Crippen LogP contribution in [0.3, 0.4) is 0 Å². The molecule has 2 heterocycles. The van der Waals surface area contributed by atoms with Crippen LogP contribution in [0, 0.1) is 12.3 Å². The van der Waals surface area contributed by atoms with Gasteiger partial charge in [-0.3, -0.25) is 9.59 Å². The zero-order chi connectivity index (χ0) is 19.4. The van der Waals surface area contributed by atoms with Crippen molar-refractivity contribution in [2.45, 2.75) is 52.6 Å². The second-order valence-electron chi connectivity index (χ2n) is 7.50. The van der Waals surface area contributed by atoms with E-state index in [-0.39, 0.29) is 18.0 Å². The highest BCUT2D eigenvalue weighted by Gasteiger charge is 2.46. The third-order valence-electron chi connectivity index (χ3n) is 5.68. The fourth-order valence-corrected chi connectivity index (χ4v) is 4.05. The van der Waals surface area contributed by atoms with Gasteiger partial charge in [0.1, 0.15) is 6.10 Å². The molecule has 1 atom stereocenters. The zero-order valence-electron chi connectivity index (χ0n) is 16.4. The molecule has 0 aromatic heterocycles. The largest absolute Gasteiger partial charge is 0.466 e. The van der Waals surface area contributed by atoms with Gasteiger partial charge in [-0.05, 0) is 32.3 Å². The van der Waals surface area contributed by atoms with Gasteiger partial charge in [-0.1, -0.05) is 29.4 Å². The molecule has 0 radical (unpaired) electrons. The van der Waals surface area contributed by atoms with Crippen molar-refractivity contribution < 1.29 is 19.2 Å². The highest BCUT2D eigenvalue weighted by atomic mass is 16.6. The van der Waals surface area contributed by atoms with E-state index in [1.165, 1.54) is 0 Å². The third-order valence-corrected chi connectivity index (χ3v) is 5.68. The summed E-state index contributed by atoms with van der Waals surface area (Å²) in [6.45, 7) is 6.95. The molecular formula is C21H28N2O4. The number of carbonyl (C=O) groups excluding carboxylic acids is 2. The van der Waals surface area contributed by atoms with Crippen LogP contribution in [0.4, 0.5) is 0 Å². The molecule has 0 N–H and O–H groups in total. The number of amides is 1. The lowest BCUT2D eigenvalue weighted by Crippen LogP contribution is -2.48. The number of ether oxygens (including phenoxy) is 1. The van der Waals surface area contributed by atoms with E-state index in [9.17, 15) is 9.59 Å². The number of rotatable bonds is 5. The van der Waals surface area contributed by atoms with Crippen LogP contribution in [-0.4, -0.2) is 48.3 Å². The van der Waals surface area contributed by atoms with E-state index in [2.05, 4.69) is 18.1 Å². The first kappa shape index (κ1) is 19.4. The van der Waals surface area contributed by atoms with Crippen molar-refractivity contribution in [1.29, 1.82) is 0 Å². The number of benzene rings is 1. The Hall–Kier alpha value is -2.37. The fraction of sp³-hybridized carbons (Fsp3) is 0.571. The summed E-state index contributed by atoms with van der Waals surface area (Å²) in [7, 11) is 0. The van der Waals surface area contributed by atoms with E-state index in [0.717, 1.165) is 16.8 Å². The lowest BCUT2D eigenvalue weighted by atomic mass is 9.73. The maximum Gasteiger partial charge on any atom is 0.312 e. The van der Waals surface area contributed by atoms with E-state index in [1.54, 1.807) is 11.8 Å². The number of esters is 1. The SMILES string of the molecule is CCOC(=O)C1(CC2CC(c3ccccc3C)=NO2)CCN(C(C)=O)CC1. The molecule has 2 aliphatic heterocycles. The van der Waals surface area contributed by atoms with Crippen LogP contribution in [0.5, 0.6) is 0 Å². The Bertz CT molecular complexity index is 735. The Balaban J connectivity index is 1.70. The van der Waals surface area contributed by atoms with Crippen molar-refractivity contribution in [3.05, 3.63) is 35.4 Å². The van der Waals surface area contributed by atoms with Gasteiger partial charge in [-0.2, -0.15) is 0 Å². The van der Waals surface area contributed by atoms with Crippen LogP contribution in [-0.2, 0) is 19.2 Å². The summed E-state index contributed by atoms with van der Waals surface area (Å²) in [5.41, 5.74) is 2.58. The first-order valence-corrected chi connectivity index (χ1v) is 9.66. The summed E-state index contributed by atoms with van der Waals surface area (Å²) in [5, 5.41) is 4.29. The minimum atomic E-state index is -0.608. The Morgan fingerprint density at radius 2 is 2.00 bits per heavy atom. The number of hydrogen-bond acceptors (Lipinski definition) is 5. The monoisotopic (exact) mass is 372 g/mol. The van der Waals surface area contributed by atoms with E-state index < -0.39 is 5.41 Å². The van der Waals surface area contributed by atoms with Crippen LogP contribution < -0.4 is 0 Å². The molecule has 1 unspecified atom stereocenters. The first-order valence-electron chi connectivity index (χ1n) is 9.66. The Labute approximate surface area is 160 Å². The van der Waals surface area contributed by atoms with Crippen molar-refractivity contribution in [2.75, 3.05) is 19.7 Å². The van der Waals surface area contributed by atoms with Gasteiger partial charge in [0.05, 0.1) is 17.7 Å². The number of carbonyl (C=O) groups is 2. The molecule has 0 saturated carbocycles. The molecule has 0 aliphatic carbocycles. The van der Waals surface area contributed by atoms with Crippen LogP contribution in [0.15, 0.2) is 29.4 Å². The summed E-state index contributed by atoms with van der Waals surface area (Å²) in [6, 6.07) is 8.11. The minimum absolute atomic E-state index is 0.0507. The molecule has 1 amide bonds. The maximum absolute atomic E-state index is 12.8. The Morgan fingerprint density at radius 3 is 2.63 bits per heavy atom. The Kier molecular flexibility index (Phi) is 5.82. The number of piperidine rings is 1. The summed E-state index contributed by atoms with van der Waals surface area (Å²) in [6.07, 6.45) is 2.31. The summed E-state index contributed by atoms with van der Waals surface area (Å²) in [5.74, 6) is -0.129. The maximum atomic E-state index is 12.8. The summed E-state index contributed by atoms with van der Waals surface area (Å²) >= 11 is 0. The summed E-state index contributed by atoms with van der Waals surface area (Å²) < 4.78 is 5.39. The highest BCUT2D eigenvalue weighted by Crippen LogP contribution is 2.40. The summed E-state index contributed by atoms with van der Waals surface area (Å²) in [4.78, 5) is 31.9. The third kappa shape index (κ3) is 4.15. The van der Waals surface area contributed by atoms with Gasteiger partial charge >= 0.3 is 5.97 Å². The van der Waals surface area contributed by atoms with Gasteiger partial charge in [-0.15, -0.1) is 0 Å². The smallest absolute Gasteiger partial charge is 0.312 e. The zero-order valence-corrected chi connectivity index (χ0v) is 16.4. The molecule has 6 heteroatoms. The van der Waals surface area contributed by atoms with Crippen LogP contribution in [0.25, 0.3) is 0 Å². The second-order valence-corrected chi connectivity index (χ2v) is 7.50. The predicted molar refractivity (Wildman–Crippen MR) is 102 cm³/mol. The van der Waals surface area contributed by atoms with E-state index in [1.807, 2.05) is 25.1 Å². The van der Waals surface area contributed by atoms with E-state index >= 15 is 0 Å². The number of hydrogen-bond donors (Lipinski definition) is 0. The van der Waals surface area contributed by atoms with Gasteiger partial charge in [0.25, 0.3) is 0 Å². The van der Waals surface area contributed by atoms with Crippen LogP contribution >= 0.6 is 0 Å². The molecule has 27 heavy (non-hydrogen) atoms. The molecule has 1 aromatic rings. The average Bonchev–Trinajstić information content (AvgIpc) is 3.10. The number of likely N-dealkylation sites (tertiary alicyclic amines) is 1. The van der Waals surface area contributed by atoms with Gasteiger partial charge in [0, 0.05) is 38.4 Å². The Morgan fingerprint density at radius 1 is 1.30 bits per heavy atom. The minimum Gasteiger partial charge on any atom is -0.466 e. The van der Waals surface area contributed by atoms with E-state index in [4.69, 9.17) is 9.57 Å². The van der Waals surface area contributed by atoms with Crippen molar-refractivity contribution in [3.8, 4) is 0 Å². The van der Waals surface area contributed by atoms with Crippen molar-refractivity contribution in [3.63, 3.8) is 0 Å². The van der Waals surface area contributed by atoms with Crippen molar-refractivity contribution >= 4 is 17.6 Å². The van der Waals surface area contributed by atoms with E-state index in [0.29, 0.717) is 45.4 Å². The first-order chi connectivity index (χ1) is 12.9. The number of aryl methyl sites for hydroxylation is 1. The van der Waals surface area contributed by atoms with Crippen molar-refractivity contribution in [1.82, 2.24) is 4.90 Å². The molecule has 1 aromatic carbocycles.